The van der Waals surface area contributed by atoms with Crippen LogP contribution in [0.15, 0.2) is 30.9 Å². The smallest absolute Gasteiger partial charge is 0.241 e. The summed E-state index contributed by atoms with van der Waals surface area (Å²) in [6.45, 7) is 3.83. The standard InChI is InChI=1S/C10H8F3N3/c1-2-5-16-9-6-7(10(11,12)13)3-4-8(9)14-15-16/h2-4,6H,1,5H2. The highest BCUT2D eigenvalue weighted by Crippen LogP contribution is 2.30. The first-order chi connectivity index (χ1) is 7.52. The molecule has 0 saturated heterocycles. The van der Waals surface area contributed by atoms with Crippen LogP contribution in [0.1, 0.15) is 5.56 Å². The summed E-state index contributed by atoms with van der Waals surface area (Å²) in [6, 6.07) is 3.35. The number of hydrogen-bond acceptors (Lipinski definition) is 2. The SMILES string of the molecule is C=CCn1nnc2ccc(C(F)(F)F)cc21. The van der Waals surface area contributed by atoms with Crippen LogP contribution in [-0.4, -0.2) is 15.0 Å². The Morgan fingerprint density at radius 3 is 2.75 bits per heavy atom. The molecule has 1 heterocycles. The highest BCUT2D eigenvalue weighted by molar-refractivity contribution is 5.75. The lowest BCUT2D eigenvalue weighted by molar-refractivity contribution is -0.137. The highest BCUT2D eigenvalue weighted by Gasteiger charge is 2.30. The highest BCUT2D eigenvalue weighted by atomic mass is 19.4. The van der Waals surface area contributed by atoms with Gasteiger partial charge in [0.15, 0.2) is 0 Å². The number of rotatable bonds is 2. The van der Waals surface area contributed by atoms with Crippen molar-refractivity contribution in [1.82, 2.24) is 15.0 Å². The molecule has 1 aromatic carbocycles. The monoisotopic (exact) mass is 227 g/mol. The van der Waals surface area contributed by atoms with E-state index in [2.05, 4.69) is 16.9 Å². The van der Waals surface area contributed by atoms with E-state index < -0.39 is 11.7 Å². The van der Waals surface area contributed by atoms with Crippen LogP contribution in [0.2, 0.25) is 0 Å². The molecule has 16 heavy (non-hydrogen) atoms. The van der Waals surface area contributed by atoms with Crippen molar-refractivity contribution < 1.29 is 13.2 Å². The number of alkyl halides is 3. The second-order valence-electron chi connectivity index (χ2n) is 3.26. The molecule has 84 valence electrons. The molecule has 0 amide bonds. The summed E-state index contributed by atoms with van der Waals surface area (Å²) >= 11 is 0. The van der Waals surface area contributed by atoms with Gasteiger partial charge in [-0.05, 0) is 18.2 Å². The zero-order valence-electron chi connectivity index (χ0n) is 8.20. The topological polar surface area (TPSA) is 30.7 Å². The first-order valence-electron chi connectivity index (χ1n) is 4.53. The van der Waals surface area contributed by atoms with Gasteiger partial charge in [0.2, 0.25) is 0 Å². The van der Waals surface area contributed by atoms with Crippen molar-refractivity contribution in [2.24, 2.45) is 0 Å². The van der Waals surface area contributed by atoms with Crippen molar-refractivity contribution >= 4 is 11.0 Å². The Morgan fingerprint density at radius 1 is 1.38 bits per heavy atom. The van der Waals surface area contributed by atoms with Gasteiger partial charge in [0, 0.05) is 0 Å². The summed E-state index contributed by atoms with van der Waals surface area (Å²) in [6.07, 6.45) is -2.80. The molecule has 2 aromatic rings. The molecule has 6 heteroatoms. The summed E-state index contributed by atoms with van der Waals surface area (Å²) in [7, 11) is 0. The molecule has 0 aliphatic carbocycles. The molecule has 3 nitrogen and oxygen atoms in total. The predicted octanol–water partition coefficient (Wildman–Crippen LogP) is 2.64. The third-order valence-electron chi connectivity index (χ3n) is 2.14. The van der Waals surface area contributed by atoms with Gasteiger partial charge in [-0.15, -0.1) is 11.7 Å². The van der Waals surface area contributed by atoms with Crippen molar-refractivity contribution in [1.29, 1.82) is 0 Å². The largest absolute Gasteiger partial charge is 0.416 e. The minimum atomic E-state index is -4.35. The predicted molar refractivity (Wildman–Crippen MR) is 52.7 cm³/mol. The molecule has 0 fully saturated rings. The zero-order valence-corrected chi connectivity index (χ0v) is 8.20. The number of allylic oxidation sites excluding steroid dienone is 1. The molecule has 0 aliphatic rings. The van der Waals surface area contributed by atoms with Crippen LogP contribution in [-0.2, 0) is 12.7 Å². The van der Waals surface area contributed by atoms with Crippen molar-refractivity contribution in [3.8, 4) is 0 Å². The Hall–Kier alpha value is -1.85. The number of fused-ring (bicyclic) bond motifs is 1. The molecule has 0 bridgehead atoms. The average molecular weight is 227 g/mol. The maximum Gasteiger partial charge on any atom is 0.416 e. The molecule has 0 aliphatic heterocycles. The zero-order chi connectivity index (χ0) is 11.8. The summed E-state index contributed by atoms with van der Waals surface area (Å²) < 4.78 is 38.8. The van der Waals surface area contributed by atoms with Crippen LogP contribution in [0.25, 0.3) is 11.0 Å². The molecule has 0 saturated carbocycles. The molecule has 1 aromatic heterocycles. The maximum atomic E-state index is 12.5. The van der Waals surface area contributed by atoms with Crippen LogP contribution < -0.4 is 0 Å². The Labute approximate surface area is 89.2 Å². The van der Waals surface area contributed by atoms with Gasteiger partial charge in [-0.25, -0.2) is 4.68 Å². The van der Waals surface area contributed by atoms with E-state index in [-0.39, 0.29) is 0 Å². The van der Waals surface area contributed by atoms with Gasteiger partial charge in [-0.2, -0.15) is 13.2 Å². The maximum absolute atomic E-state index is 12.5. The van der Waals surface area contributed by atoms with E-state index in [1.807, 2.05) is 0 Å². The molecule has 0 radical (unpaired) electrons. The lowest BCUT2D eigenvalue weighted by atomic mass is 10.2. The van der Waals surface area contributed by atoms with E-state index >= 15 is 0 Å². The van der Waals surface area contributed by atoms with E-state index in [9.17, 15) is 13.2 Å². The molecular weight excluding hydrogens is 219 g/mol. The van der Waals surface area contributed by atoms with Crippen LogP contribution in [0.3, 0.4) is 0 Å². The molecule has 0 spiro atoms. The van der Waals surface area contributed by atoms with Crippen LogP contribution in [0.5, 0.6) is 0 Å². The van der Waals surface area contributed by atoms with Crippen LogP contribution in [0, 0.1) is 0 Å². The molecule has 0 unspecified atom stereocenters. The molecular formula is C10H8F3N3. The van der Waals surface area contributed by atoms with Crippen molar-refractivity contribution in [2.75, 3.05) is 0 Å². The van der Waals surface area contributed by atoms with Gasteiger partial charge in [-0.3, -0.25) is 0 Å². The first-order valence-corrected chi connectivity index (χ1v) is 4.53. The van der Waals surface area contributed by atoms with Gasteiger partial charge in [0.05, 0.1) is 17.6 Å². The number of nitrogens with zero attached hydrogens (tertiary/aromatic N) is 3. The van der Waals surface area contributed by atoms with E-state index in [1.165, 1.54) is 10.7 Å². The molecule has 0 N–H and O–H groups in total. The molecule has 0 atom stereocenters. The lowest BCUT2D eigenvalue weighted by Crippen LogP contribution is -2.05. The minimum absolute atomic E-state index is 0.331. The summed E-state index contributed by atoms with van der Waals surface area (Å²) in [5, 5.41) is 7.49. The van der Waals surface area contributed by atoms with Crippen molar-refractivity contribution in [3.63, 3.8) is 0 Å². The Balaban J connectivity index is 2.58. The number of halogens is 3. The van der Waals surface area contributed by atoms with Crippen molar-refractivity contribution in [2.45, 2.75) is 12.7 Å². The van der Waals surface area contributed by atoms with Gasteiger partial charge in [0.25, 0.3) is 0 Å². The van der Waals surface area contributed by atoms with E-state index in [1.54, 1.807) is 6.08 Å². The minimum Gasteiger partial charge on any atom is -0.241 e. The van der Waals surface area contributed by atoms with E-state index in [0.717, 1.165) is 12.1 Å². The van der Waals surface area contributed by atoms with Gasteiger partial charge in [0.1, 0.15) is 5.52 Å². The van der Waals surface area contributed by atoms with Gasteiger partial charge >= 0.3 is 6.18 Å². The Kier molecular flexibility index (Phi) is 2.41. The van der Waals surface area contributed by atoms with E-state index in [0.29, 0.717) is 17.6 Å². The first kappa shape index (κ1) is 10.7. The second kappa shape index (κ2) is 3.62. The fourth-order valence-electron chi connectivity index (χ4n) is 1.40. The fraction of sp³-hybridized carbons (Fsp3) is 0.200. The lowest BCUT2D eigenvalue weighted by Gasteiger charge is -2.06. The quantitative estimate of drug-likeness (QED) is 0.738. The Bertz CT molecular complexity index is 528. The summed E-state index contributed by atoms with van der Waals surface area (Å²) in [4.78, 5) is 0. The summed E-state index contributed by atoms with van der Waals surface area (Å²) in [5.74, 6) is 0. The summed E-state index contributed by atoms with van der Waals surface area (Å²) in [5.41, 5.74) is 0.0946. The Morgan fingerprint density at radius 2 is 2.12 bits per heavy atom. The third kappa shape index (κ3) is 1.78. The van der Waals surface area contributed by atoms with Crippen LogP contribution in [0.4, 0.5) is 13.2 Å². The average Bonchev–Trinajstić information content (AvgIpc) is 2.60. The third-order valence-corrected chi connectivity index (χ3v) is 2.14. The van der Waals surface area contributed by atoms with Crippen LogP contribution >= 0.6 is 0 Å². The van der Waals surface area contributed by atoms with Gasteiger partial charge in [-0.1, -0.05) is 11.3 Å². The second-order valence-corrected chi connectivity index (χ2v) is 3.26. The van der Waals surface area contributed by atoms with E-state index in [4.69, 9.17) is 0 Å². The fourth-order valence-corrected chi connectivity index (χ4v) is 1.40. The van der Waals surface area contributed by atoms with Gasteiger partial charge < -0.3 is 0 Å². The normalized spacial score (nSPS) is 11.9. The number of benzene rings is 1. The number of aromatic nitrogens is 3. The number of hydrogen-bond donors (Lipinski definition) is 0. The molecule has 2 rings (SSSR count). The van der Waals surface area contributed by atoms with Crippen molar-refractivity contribution in [3.05, 3.63) is 36.4 Å².